The summed E-state index contributed by atoms with van der Waals surface area (Å²) < 4.78 is 1.78. The first kappa shape index (κ1) is 13.8. The molecule has 116 valence electrons. The van der Waals surface area contributed by atoms with E-state index in [4.69, 9.17) is 0 Å². The third-order valence-electron chi connectivity index (χ3n) is 5.36. The number of nitrogens with one attached hydrogen (secondary N) is 1. The third kappa shape index (κ3) is 2.03. The highest BCUT2D eigenvalue weighted by Gasteiger charge is 2.44. The van der Waals surface area contributed by atoms with Crippen molar-refractivity contribution in [1.29, 1.82) is 0 Å². The van der Waals surface area contributed by atoms with Crippen LogP contribution in [0, 0.1) is 0 Å². The van der Waals surface area contributed by atoms with E-state index in [0.717, 1.165) is 17.4 Å². The highest BCUT2D eigenvalue weighted by molar-refractivity contribution is 6.04. The second-order valence-corrected chi connectivity index (χ2v) is 6.59. The molecule has 1 aromatic carbocycles. The summed E-state index contributed by atoms with van der Waals surface area (Å²) in [4.78, 5) is 15.2. The molecular weight excluding hydrogens is 276 g/mol. The van der Waals surface area contributed by atoms with Crippen LogP contribution in [0.3, 0.4) is 0 Å². The number of rotatable bonds is 3. The summed E-state index contributed by atoms with van der Waals surface area (Å²) in [5.41, 5.74) is 1.74. The van der Waals surface area contributed by atoms with Gasteiger partial charge in [-0.3, -0.25) is 14.4 Å². The molecule has 2 fully saturated rings. The lowest BCUT2D eigenvalue weighted by Crippen LogP contribution is -2.48. The maximum atomic E-state index is 12.6. The Bertz CT molecular complexity index is 711. The fraction of sp³-hybridized carbons (Fsp3) is 0.529. The van der Waals surface area contributed by atoms with E-state index in [1.54, 1.807) is 4.68 Å². The maximum absolute atomic E-state index is 12.6. The molecule has 2 aliphatic heterocycles. The Balaban J connectivity index is 1.55. The van der Waals surface area contributed by atoms with Gasteiger partial charge in [0.1, 0.15) is 0 Å². The van der Waals surface area contributed by atoms with Crippen molar-refractivity contribution in [3.8, 4) is 0 Å². The molecule has 4 rings (SSSR count). The normalized spacial score (nSPS) is 20.4. The number of aryl methyl sites for hydroxylation is 1. The highest BCUT2D eigenvalue weighted by atomic mass is 16.2. The molecule has 0 aliphatic carbocycles. The number of nitrogens with zero attached hydrogens (tertiary/aromatic N) is 3. The first-order valence-electron chi connectivity index (χ1n) is 8.15. The Labute approximate surface area is 130 Å². The minimum Gasteiger partial charge on any atom is -0.349 e. The summed E-state index contributed by atoms with van der Waals surface area (Å²) in [7, 11) is 1.88. The number of para-hydroxylation sites is 1. The van der Waals surface area contributed by atoms with Crippen molar-refractivity contribution in [3.63, 3.8) is 0 Å². The number of aromatic nitrogens is 2. The number of benzene rings is 1. The van der Waals surface area contributed by atoms with Gasteiger partial charge in [-0.2, -0.15) is 5.10 Å². The van der Waals surface area contributed by atoms with Crippen LogP contribution in [-0.2, 0) is 7.05 Å². The maximum Gasteiger partial charge on any atom is 0.272 e. The van der Waals surface area contributed by atoms with E-state index < -0.39 is 0 Å². The zero-order chi connectivity index (χ0) is 15.2. The Morgan fingerprint density at radius 3 is 2.77 bits per heavy atom. The van der Waals surface area contributed by atoms with E-state index in [1.807, 2.05) is 31.3 Å². The number of hydrogen-bond donors (Lipinski definition) is 1. The molecular formula is C17H22N4O. The number of carbonyl (C=O) groups excluding carboxylic acids is 1. The number of fused-ring (bicyclic) bond motifs is 2. The fourth-order valence-electron chi connectivity index (χ4n) is 4.22. The molecule has 0 saturated carbocycles. The van der Waals surface area contributed by atoms with Gasteiger partial charge in [-0.05, 0) is 44.8 Å². The topological polar surface area (TPSA) is 50.2 Å². The lowest BCUT2D eigenvalue weighted by Gasteiger charge is -2.32. The first-order chi connectivity index (χ1) is 10.7. The lowest BCUT2D eigenvalue weighted by atomic mass is 9.94. The van der Waals surface area contributed by atoms with Crippen LogP contribution in [0.15, 0.2) is 24.3 Å². The van der Waals surface area contributed by atoms with Gasteiger partial charge in [0, 0.05) is 24.5 Å². The molecule has 5 nitrogen and oxygen atoms in total. The van der Waals surface area contributed by atoms with Gasteiger partial charge in [0.25, 0.3) is 5.91 Å². The van der Waals surface area contributed by atoms with Crippen molar-refractivity contribution in [2.45, 2.75) is 31.2 Å². The first-order valence-corrected chi connectivity index (χ1v) is 8.15. The Morgan fingerprint density at radius 2 is 2.00 bits per heavy atom. The van der Waals surface area contributed by atoms with Crippen LogP contribution in [-0.4, -0.2) is 45.8 Å². The fourth-order valence-corrected chi connectivity index (χ4v) is 4.22. The van der Waals surface area contributed by atoms with Crippen molar-refractivity contribution in [2.24, 2.45) is 7.05 Å². The molecule has 1 N–H and O–H groups in total. The van der Waals surface area contributed by atoms with Crippen LogP contribution >= 0.6 is 0 Å². The van der Waals surface area contributed by atoms with E-state index in [1.165, 1.54) is 38.8 Å². The van der Waals surface area contributed by atoms with Crippen molar-refractivity contribution in [1.82, 2.24) is 20.0 Å². The van der Waals surface area contributed by atoms with E-state index in [9.17, 15) is 4.79 Å². The second-order valence-electron chi connectivity index (χ2n) is 6.59. The van der Waals surface area contributed by atoms with Crippen LogP contribution in [0.5, 0.6) is 0 Å². The van der Waals surface area contributed by atoms with Gasteiger partial charge in [0.2, 0.25) is 0 Å². The molecule has 2 aliphatic rings. The quantitative estimate of drug-likeness (QED) is 0.942. The van der Waals surface area contributed by atoms with Crippen LogP contribution in [0.4, 0.5) is 0 Å². The SMILES string of the molecule is Cn1nc(C(=O)NCC23CCCN2CCC3)c2ccccc21. The van der Waals surface area contributed by atoms with Crippen molar-refractivity contribution in [3.05, 3.63) is 30.0 Å². The standard InChI is InChI=1S/C17H22N4O/c1-20-14-7-3-2-6-13(14)15(19-20)16(22)18-12-17-8-4-10-21(17)11-5-9-17/h2-3,6-7H,4-5,8-12H2,1H3,(H,18,22). The van der Waals surface area contributed by atoms with Gasteiger partial charge >= 0.3 is 0 Å². The number of carbonyl (C=O) groups is 1. The Morgan fingerprint density at radius 1 is 1.27 bits per heavy atom. The molecule has 0 radical (unpaired) electrons. The highest BCUT2D eigenvalue weighted by Crippen LogP contribution is 2.38. The minimum absolute atomic E-state index is 0.0510. The van der Waals surface area contributed by atoms with Gasteiger partial charge in [-0.25, -0.2) is 0 Å². The molecule has 2 saturated heterocycles. The molecule has 1 amide bonds. The Kier molecular flexibility index (Phi) is 3.18. The average molecular weight is 298 g/mol. The van der Waals surface area contributed by atoms with E-state index in [-0.39, 0.29) is 11.4 Å². The van der Waals surface area contributed by atoms with Gasteiger partial charge in [-0.1, -0.05) is 18.2 Å². The van der Waals surface area contributed by atoms with Gasteiger partial charge in [0.15, 0.2) is 5.69 Å². The van der Waals surface area contributed by atoms with Gasteiger partial charge < -0.3 is 5.32 Å². The van der Waals surface area contributed by atoms with E-state index in [0.29, 0.717) is 5.69 Å². The van der Waals surface area contributed by atoms with E-state index in [2.05, 4.69) is 15.3 Å². The minimum atomic E-state index is -0.0510. The number of amides is 1. The molecule has 3 heterocycles. The zero-order valence-corrected chi connectivity index (χ0v) is 13.0. The third-order valence-corrected chi connectivity index (χ3v) is 5.36. The van der Waals surface area contributed by atoms with Crippen LogP contribution < -0.4 is 5.32 Å². The summed E-state index contributed by atoms with van der Waals surface area (Å²) in [6.07, 6.45) is 4.91. The molecule has 0 bridgehead atoms. The van der Waals surface area contributed by atoms with Crippen LogP contribution in [0.25, 0.3) is 10.9 Å². The summed E-state index contributed by atoms with van der Waals surface area (Å²) in [5, 5.41) is 8.49. The van der Waals surface area contributed by atoms with Crippen LogP contribution in [0.1, 0.15) is 36.2 Å². The predicted molar refractivity (Wildman–Crippen MR) is 85.8 cm³/mol. The number of hydrogen-bond acceptors (Lipinski definition) is 3. The predicted octanol–water partition coefficient (Wildman–Crippen LogP) is 1.93. The summed E-state index contributed by atoms with van der Waals surface area (Å²) in [6.45, 7) is 3.11. The molecule has 0 atom stereocenters. The molecule has 0 spiro atoms. The molecule has 0 unspecified atom stereocenters. The van der Waals surface area contributed by atoms with E-state index >= 15 is 0 Å². The largest absolute Gasteiger partial charge is 0.349 e. The van der Waals surface area contributed by atoms with Crippen molar-refractivity contribution in [2.75, 3.05) is 19.6 Å². The summed E-state index contributed by atoms with van der Waals surface area (Å²) in [6, 6.07) is 7.88. The Hall–Kier alpha value is -1.88. The van der Waals surface area contributed by atoms with Gasteiger partial charge in [-0.15, -0.1) is 0 Å². The monoisotopic (exact) mass is 298 g/mol. The van der Waals surface area contributed by atoms with Crippen LogP contribution in [0.2, 0.25) is 0 Å². The van der Waals surface area contributed by atoms with Crippen molar-refractivity contribution < 1.29 is 4.79 Å². The lowest BCUT2D eigenvalue weighted by molar-refractivity contribution is 0.0915. The summed E-state index contributed by atoms with van der Waals surface area (Å²) in [5.74, 6) is -0.0510. The molecule has 5 heteroatoms. The zero-order valence-electron chi connectivity index (χ0n) is 13.0. The average Bonchev–Trinajstić information content (AvgIpc) is 3.18. The molecule has 2 aromatic rings. The van der Waals surface area contributed by atoms with Gasteiger partial charge in [0.05, 0.1) is 5.52 Å². The summed E-state index contributed by atoms with van der Waals surface area (Å²) >= 11 is 0. The molecule has 1 aromatic heterocycles. The van der Waals surface area contributed by atoms with Crippen molar-refractivity contribution >= 4 is 16.8 Å². The molecule has 22 heavy (non-hydrogen) atoms. The smallest absolute Gasteiger partial charge is 0.272 e. The second kappa shape index (κ2) is 5.09.